The van der Waals surface area contributed by atoms with Gasteiger partial charge in [0.25, 0.3) is 0 Å². The Hall–Kier alpha value is -2.28. The minimum absolute atomic E-state index is 0.00465. The Morgan fingerprint density at radius 3 is 2.53 bits per heavy atom. The Balaban J connectivity index is 1.31. The molecule has 0 saturated carbocycles. The molecule has 1 aromatic carbocycles. The fraction of sp³-hybridized carbons (Fsp3) is 0.652. The van der Waals surface area contributed by atoms with Gasteiger partial charge < -0.3 is 19.3 Å². The van der Waals surface area contributed by atoms with E-state index in [-0.39, 0.29) is 17.9 Å². The molecular weight excluding hydrogens is 382 g/mol. The maximum atomic E-state index is 13.0. The number of carbonyl (C=O) groups is 2. The van der Waals surface area contributed by atoms with Crippen LogP contribution >= 0.6 is 0 Å². The van der Waals surface area contributed by atoms with Crippen molar-refractivity contribution < 1.29 is 19.1 Å². The summed E-state index contributed by atoms with van der Waals surface area (Å²) in [4.78, 5) is 31.7. The molecule has 0 aliphatic carbocycles. The molecule has 2 amide bonds. The molecule has 0 radical (unpaired) electrons. The van der Waals surface area contributed by atoms with Crippen LogP contribution in [0.4, 0.5) is 0 Å². The first-order chi connectivity index (χ1) is 14.5. The van der Waals surface area contributed by atoms with E-state index >= 15 is 0 Å². The molecule has 7 nitrogen and oxygen atoms in total. The fourth-order valence-electron chi connectivity index (χ4n) is 4.81. The summed E-state index contributed by atoms with van der Waals surface area (Å²) in [6.45, 7) is 6.95. The van der Waals surface area contributed by atoms with Gasteiger partial charge in [0.15, 0.2) is 0 Å². The predicted molar refractivity (Wildman–Crippen MR) is 113 cm³/mol. The Morgan fingerprint density at radius 1 is 1.10 bits per heavy atom. The highest BCUT2D eigenvalue weighted by molar-refractivity contribution is 5.81. The number of fused-ring (bicyclic) bond motifs is 1. The fourth-order valence-corrected chi connectivity index (χ4v) is 4.81. The number of rotatable bonds is 4. The third-order valence-corrected chi connectivity index (χ3v) is 6.49. The lowest BCUT2D eigenvalue weighted by Gasteiger charge is -2.34. The zero-order valence-corrected chi connectivity index (χ0v) is 18.1. The summed E-state index contributed by atoms with van der Waals surface area (Å²) in [6, 6.07) is 5.86. The van der Waals surface area contributed by atoms with E-state index in [0.717, 1.165) is 55.8 Å². The van der Waals surface area contributed by atoms with Gasteiger partial charge in [-0.25, -0.2) is 0 Å². The van der Waals surface area contributed by atoms with Crippen LogP contribution in [0, 0.1) is 5.92 Å². The highest BCUT2D eigenvalue weighted by Gasteiger charge is 2.32. The van der Waals surface area contributed by atoms with Gasteiger partial charge in [0.1, 0.15) is 17.6 Å². The molecule has 0 unspecified atom stereocenters. The van der Waals surface area contributed by atoms with E-state index in [1.807, 2.05) is 34.9 Å². The molecule has 0 N–H and O–H groups in total. The normalized spacial score (nSPS) is 22.9. The molecule has 4 rings (SSSR count). The molecular formula is C23H33N3O4. The summed E-state index contributed by atoms with van der Waals surface area (Å²) in [5, 5.41) is 0. The molecule has 1 aromatic rings. The summed E-state index contributed by atoms with van der Waals surface area (Å²) in [7, 11) is 1.65. The topological polar surface area (TPSA) is 62.3 Å². The number of amides is 2. The van der Waals surface area contributed by atoms with Gasteiger partial charge in [0.05, 0.1) is 13.7 Å². The highest BCUT2D eigenvalue weighted by Crippen LogP contribution is 2.29. The van der Waals surface area contributed by atoms with E-state index in [2.05, 4.69) is 4.90 Å². The lowest BCUT2D eigenvalue weighted by Crippen LogP contribution is -2.47. The summed E-state index contributed by atoms with van der Waals surface area (Å²) >= 11 is 0. The van der Waals surface area contributed by atoms with Gasteiger partial charge in [0, 0.05) is 56.8 Å². The second-order valence-electron chi connectivity index (χ2n) is 8.76. The number of benzene rings is 1. The van der Waals surface area contributed by atoms with Gasteiger partial charge >= 0.3 is 0 Å². The maximum absolute atomic E-state index is 13.0. The monoisotopic (exact) mass is 415 g/mol. The van der Waals surface area contributed by atoms with Gasteiger partial charge in [-0.15, -0.1) is 0 Å². The predicted octanol–water partition coefficient (Wildman–Crippen LogP) is 2.14. The van der Waals surface area contributed by atoms with E-state index in [4.69, 9.17) is 9.47 Å². The lowest BCUT2D eigenvalue weighted by molar-refractivity contribution is -0.140. The van der Waals surface area contributed by atoms with Gasteiger partial charge in [0.2, 0.25) is 11.8 Å². The van der Waals surface area contributed by atoms with E-state index in [1.54, 1.807) is 7.11 Å². The van der Waals surface area contributed by atoms with E-state index in [1.165, 1.54) is 0 Å². The third-order valence-electron chi connectivity index (χ3n) is 6.49. The second kappa shape index (κ2) is 9.25. The Kier molecular flexibility index (Phi) is 6.46. The van der Waals surface area contributed by atoms with Crippen LogP contribution in [0.15, 0.2) is 18.2 Å². The summed E-state index contributed by atoms with van der Waals surface area (Å²) in [6.07, 6.45) is 3.80. The first kappa shape index (κ1) is 21.0. The smallest absolute Gasteiger partial charge is 0.236 e. The zero-order valence-electron chi connectivity index (χ0n) is 18.1. The van der Waals surface area contributed by atoms with E-state index in [9.17, 15) is 9.59 Å². The molecule has 1 atom stereocenters. The molecule has 7 heteroatoms. The molecule has 30 heavy (non-hydrogen) atoms. The third kappa shape index (κ3) is 4.72. The molecule has 3 heterocycles. The molecule has 164 valence electrons. The van der Waals surface area contributed by atoms with E-state index in [0.29, 0.717) is 38.6 Å². The maximum Gasteiger partial charge on any atom is 0.236 e. The van der Waals surface area contributed by atoms with Crippen molar-refractivity contribution in [3.8, 4) is 11.5 Å². The zero-order chi connectivity index (χ0) is 21.1. The number of piperidine rings is 1. The van der Waals surface area contributed by atoms with Crippen molar-refractivity contribution in [3.63, 3.8) is 0 Å². The summed E-state index contributed by atoms with van der Waals surface area (Å²) < 4.78 is 11.4. The van der Waals surface area contributed by atoms with Crippen LogP contribution in [0.1, 0.15) is 38.2 Å². The second-order valence-corrected chi connectivity index (χ2v) is 8.76. The van der Waals surface area contributed by atoms with Crippen molar-refractivity contribution in [3.05, 3.63) is 23.8 Å². The summed E-state index contributed by atoms with van der Waals surface area (Å²) in [5.41, 5.74) is 1.07. The Morgan fingerprint density at radius 2 is 1.83 bits per heavy atom. The number of hydrogen-bond donors (Lipinski definition) is 0. The molecule has 0 bridgehead atoms. The average Bonchev–Trinajstić information content (AvgIpc) is 3.24. The van der Waals surface area contributed by atoms with Gasteiger partial charge in [-0.1, -0.05) is 6.07 Å². The van der Waals surface area contributed by atoms with Crippen LogP contribution < -0.4 is 9.47 Å². The molecule has 3 aliphatic heterocycles. The largest absolute Gasteiger partial charge is 0.497 e. The van der Waals surface area contributed by atoms with Crippen molar-refractivity contribution in [1.82, 2.24) is 14.7 Å². The standard InChI is InChI=1S/C23H33N3O4/c1-17-14-24(15-19-5-6-20(29-2)13-21(19)30-17)16-22(27)25-11-7-18(8-12-25)23(28)26-9-3-4-10-26/h5-6,13,17-18H,3-4,7-12,14-16H2,1-2H3/t17-/m1/s1. The van der Waals surface area contributed by atoms with Crippen molar-refractivity contribution in [2.24, 2.45) is 5.92 Å². The first-order valence-electron chi connectivity index (χ1n) is 11.2. The van der Waals surface area contributed by atoms with Crippen molar-refractivity contribution in [1.29, 1.82) is 0 Å². The number of likely N-dealkylation sites (tertiary alicyclic amines) is 2. The number of ether oxygens (including phenoxy) is 2. The minimum atomic E-state index is -0.00465. The molecule has 0 aromatic heterocycles. The van der Waals surface area contributed by atoms with Gasteiger partial charge in [-0.3, -0.25) is 14.5 Å². The number of nitrogens with zero attached hydrogens (tertiary/aromatic N) is 3. The molecule has 3 aliphatic rings. The van der Waals surface area contributed by atoms with Crippen LogP contribution in [-0.4, -0.2) is 79.0 Å². The van der Waals surface area contributed by atoms with Gasteiger partial charge in [-0.2, -0.15) is 0 Å². The molecule has 2 saturated heterocycles. The van der Waals surface area contributed by atoms with Crippen molar-refractivity contribution >= 4 is 11.8 Å². The van der Waals surface area contributed by atoms with Crippen molar-refractivity contribution in [2.75, 3.05) is 46.4 Å². The van der Waals surface area contributed by atoms with E-state index < -0.39 is 0 Å². The number of methoxy groups -OCH3 is 1. The quantitative estimate of drug-likeness (QED) is 0.754. The highest BCUT2D eigenvalue weighted by atomic mass is 16.5. The van der Waals surface area contributed by atoms with Gasteiger partial charge in [-0.05, 0) is 38.7 Å². The van der Waals surface area contributed by atoms with Crippen molar-refractivity contribution in [2.45, 2.75) is 45.3 Å². The van der Waals surface area contributed by atoms with Crippen LogP contribution in [-0.2, 0) is 16.1 Å². The molecule has 2 fully saturated rings. The Bertz CT molecular complexity index is 770. The SMILES string of the molecule is COc1ccc2c(c1)O[C@H](C)CN(CC(=O)N1CCC(C(=O)N3CCCC3)CC1)C2. The van der Waals surface area contributed by atoms with Crippen LogP contribution in [0.5, 0.6) is 11.5 Å². The Labute approximate surface area is 178 Å². The average molecular weight is 416 g/mol. The summed E-state index contributed by atoms with van der Waals surface area (Å²) in [5.74, 6) is 2.13. The van der Waals surface area contributed by atoms with Crippen LogP contribution in [0.2, 0.25) is 0 Å². The van der Waals surface area contributed by atoms with Crippen LogP contribution in [0.25, 0.3) is 0 Å². The number of hydrogen-bond acceptors (Lipinski definition) is 5. The van der Waals surface area contributed by atoms with Crippen LogP contribution in [0.3, 0.4) is 0 Å². The number of carbonyl (C=O) groups excluding carboxylic acids is 2. The first-order valence-corrected chi connectivity index (χ1v) is 11.2. The lowest BCUT2D eigenvalue weighted by atomic mass is 9.95. The minimum Gasteiger partial charge on any atom is -0.497 e. The molecule has 0 spiro atoms.